The first-order valence-corrected chi connectivity index (χ1v) is 4.65. The van der Waals surface area contributed by atoms with Crippen LogP contribution in [0.15, 0.2) is 11.4 Å². The molecule has 2 heterocycles. The highest BCUT2D eigenvalue weighted by Gasteiger charge is 2.11. The molecule has 0 unspecified atom stereocenters. The maximum absolute atomic E-state index is 13.1. The molecular weight excluding hydrogens is 193 g/mol. The second-order valence-corrected chi connectivity index (χ2v) is 3.08. The molecule has 0 spiro atoms. The lowest BCUT2D eigenvalue weighted by molar-refractivity contribution is 0.613. The number of nitrogen functional groups attached to an aromatic ring is 1. The van der Waals surface area contributed by atoms with Crippen LogP contribution < -0.4 is 5.73 Å². The Kier molecular flexibility index (Phi) is 1.80. The van der Waals surface area contributed by atoms with Crippen LogP contribution in [-0.2, 0) is 0 Å². The molecule has 0 bridgehead atoms. The molecule has 0 saturated carbocycles. The molecule has 2 aromatic rings. The third-order valence-electron chi connectivity index (χ3n) is 1.56. The quantitative estimate of drug-likeness (QED) is 0.537. The van der Waals surface area contributed by atoms with Crippen LogP contribution in [0.2, 0.25) is 0 Å². The highest BCUT2D eigenvalue weighted by atomic mass is 32.2. The van der Waals surface area contributed by atoms with E-state index in [0.717, 1.165) is 6.20 Å². The molecule has 2 rings (SSSR count). The summed E-state index contributed by atoms with van der Waals surface area (Å²) in [6.45, 7) is 0. The average molecular weight is 199 g/mol. The SMILES string of the molecule is CSc1ncc(F)c2nnc(N)n12. The maximum atomic E-state index is 13.1. The first-order valence-electron chi connectivity index (χ1n) is 3.43. The van der Waals surface area contributed by atoms with E-state index >= 15 is 0 Å². The Balaban J connectivity index is 2.88. The fraction of sp³-hybridized carbons (Fsp3) is 0.167. The topological polar surface area (TPSA) is 69.1 Å². The van der Waals surface area contributed by atoms with E-state index in [9.17, 15) is 4.39 Å². The van der Waals surface area contributed by atoms with Gasteiger partial charge in [0.15, 0.2) is 11.0 Å². The average Bonchev–Trinajstić information content (AvgIpc) is 2.51. The molecule has 0 atom stereocenters. The smallest absolute Gasteiger partial charge is 0.228 e. The molecule has 0 fully saturated rings. The monoisotopic (exact) mass is 199 g/mol. The summed E-state index contributed by atoms with van der Waals surface area (Å²) in [4.78, 5) is 3.85. The summed E-state index contributed by atoms with van der Waals surface area (Å²) in [6.07, 6.45) is 2.93. The van der Waals surface area contributed by atoms with Crippen LogP contribution in [0.25, 0.3) is 5.65 Å². The van der Waals surface area contributed by atoms with Gasteiger partial charge < -0.3 is 5.73 Å². The van der Waals surface area contributed by atoms with Gasteiger partial charge in [0.1, 0.15) is 0 Å². The van der Waals surface area contributed by atoms with Crippen molar-refractivity contribution in [3.05, 3.63) is 12.0 Å². The number of anilines is 1. The Morgan fingerprint density at radius 2 is 2.31 bits per heavy atom. The number of nitrogens with zero attached hydrogens (tertiary/aromatic N) is 4. The van der Waals surface area contributed by atoms with Crippen molar-refractivity contribution in [2.75, 3.05) is 12.0 Å². The molecule has 0 aliphatic heterocycles. The molecule has 0 saturated heterocycles. The van der Waals surface area contributed by atoms with Gasteiger partial charge in [0.25, 0.3) is 0 Å². The van der Waals surface area contributed by atoms with Gasteiger partial charge in [-0.05, 0) is 6.26 Å². The minimum atomic E-state index is -0.526. The third-order valence-corrected chi connectivity index (χ3v) is 2.22. The molecule has 2 N–H and O–H groups in total. The lowest BCUT2D eigenvalue weighted by Crippen LogP contribution is -2.00. The Bertz CT molecular complexity index is 453. The Morgan fingerprint density at radius 3 is 3.00 bits per heavy atom. The zero-order valence-electron chi connectivity index (χ0n) is 6.73. The number of nitrogens with two attached hydrogens (primary N) is 1. The second kappa shape index (κ2) is 2.84. The third kappa shape index (κ3) is 1.12. The van der Waals surface area contributed by atoms with Crippen LogP contribution in [0.4, 0.5) is 10.3 Å². The number of thioether (sulfide) groups is 1. The Labute approximate surface area is 77.2 Å². The van der Waals surface area contributed by atoms with Crippen molar-refractivity contribution in [1.29, 1.82) is 0 Å². The number of halogens is 1. The first-order chi connectivity index (χ1) is 6.24. The maximum Gasteiger partial charge on any atom is 0.228 e. The van der Waals surface area contributed by atoms with Gasteiger partial charge in [-0.15, -0.1) is 10.2 Å². The Morgan fingerprint density at radius 1 is 1.54 bits per heavy atom. The summed E-state index contributed by atoms with van der Waals surface area (Å²) in [5, 5.41) is 7.72. The minimum Gasteiger partial charge on any atom is -0.368 e. The van der Waals surface area contributed by atoms with E-state index in [1.54, 1.807) is 0 Å². The van der Waals surface area contributed by atoms with Crippen LogP contribution in [-0.4, -0.2) is 25.8 Å². The van der Waals surface area contributed by atoms with Crippen molar-refractivity contribution in [2.45, 2.75) is 5.16 Å². The summed E-state index contributed by atoms with van der Waals surface area (Å²) in [5.41, 5.74) is 5.60. The van der Waals surface area contributed by atoms with Crippen molar-refractivity contribution >= 4 is 23.4 Å². The van der Waals surface area contributed by atoms with Crippen LogP contribution in [0, 0.1) is 5.82 Å². The first kappa shape index (κ1) is 8.24. The molecule has 5 nitrogen and oxygen atoms in total. The van der Waals surface area contributed by atoms with Crippen molar-refractivity contribution < 1.29 is 4.39 Å². The van der Waals surface area contributed by atoms with E-state index in [2.05, 4.69) is 15.2 Å². The van der Waals surface area contributed by atoms with Crippen LogP contribution in [0.1, 0.15) is 0 Å². The molecule has 0 aliphatic carbocycles. The van der Waals surface area contributed by atoms with E-state index in [-0.39, 0.29) is 11.6 Å². The fourth-order valence-electron chi connectivity index (χ4n) is 1.01. The molecule has 0 radical (unpaired) electrons. The van der Waals surface area contributed by atoms with E-state index in [0.29, 0.717) is 5.16 Å². The molecule has 2 aromatic heterocycles. The van der Waals surface area contributed by atoms with Gasteiger partial charge in [-0.25, -0.2) is 13.8 Å². The fourth-order valence-corrected chi connectivity index (χ4v) is 1.53. The highest BCUT2D eigenvalue weighted by molar-refractivity contribution is 7.98. The standard InChI is InChI=1S/C6H6FN5S/c1-13-6-9-2-3(7)4-10-11-5(8)12(4)6/h2H,1H3,(H2,8,11). The molecule has 7 heteroatoms. The molecule has 0 aromatic carbocycles. The van der Waals surface area contributed by atoms with E-state index < -0.39 is 5.82 Å². The summed E-state index contributed by atoms with van der Waals surface area (Å²) in [6, 6.07) is 0. The minimum absolute atomic E-state index is 0.108. The number of rotatable bonds is 1. The van der Waals surface area contributed by atoms with Gasteiger partial charge in [-0.2, -0.15) is 0 Å². The lowest BCUT2D eigenvalue weighted by atomic mass is 10.6. The molecule has 68 valence electrons. The number of hydrogen-bond acceptors (Lipinski definition) is 5. The Hall–Kier alpha value is -1.37. The van der Waals surface area contributed by atoms with Crippen molar-refractivity contribution in [3.63, 3.8) is 0 Å². The van der Waals surface area contributed by atoms with E-state index in [1.807, 2.05) is 6.26 Å². The zero-order chi connectivity index (χ0) is 9.42. The summed E-state index contributed by atoms with van der Waals surface area (Å²) in [7, 11) is 0. The predicted molar refractivity (Wildman–Crippen MR) is 46.9 cm³/mol. The van der Waals surface area contributed by atoms with E-state index in [1.165, 1.54) is 16.2 Å². The van der Waals surface area contributed by atoms with Gasteiger partial charge in [0.2, 0.25) is 11.6 Å². The van der Waals surface area contributed by atoms with Crippen LogP contribution in [0.5, 0.6) is 0 Å². The van der Waals surface area contributed by atoms with Gasteiger partial charge >= 0.3 is 0 Å². The molecule has 0 amide bonds. The van der Waals surface area contributed by atoms with Crippen molar-refractivity contribution in [1.82, 2.24) is 19.6 Å². The van der Waals surface area contributed by atoms with E-state index in [4.69, 9.17) is 5.73 Å². The molecule has 0 aliphatic rings. The predicted octanol–water partition coefficient (Wildman–Crippen LogP) is 0.567. The van der Waals surface area contributed by atoms with Gasteiger partial charge in [0.05, 0.1) is 6.20 Å². The van der Waals surface area contributed by atoms with Crippen molar-refractivity contribution in [3.8, 4) is 0 Å². The molecular formula is C6H6FN5S. The normalized spacial score (nSPS) is 10.9. The largest absolute Gasteiger partial charge is 0.368 e. The van der Waals surface area contributed by atoms with Crippen LogP contribution in [0.3, 0.4) is 0 Å². The number of fused-ring (bicyclic) bond motifs is 1. The summed E-state index contributed by atoms with van der Waals surface area (Å²) < 4.78 is 14.4. The number of hydrogen-bond donors (Lipinski definition) is 1. The summed E-state index contributed by atoms with van der Waals surface area (Å²) in [5.74, 6) is -0.381. The van der Waals surface area contributed by atoms with Crippen LogP contribution >= 0.6 is 11.8 Å². The second-order valence-electron chi connectivity index (χ2n) is 2.31. The van der Waals surface area contributed by atoms with Crippen molar-refractivity contribution in [2.24, 2.45) is 0 Å². The van der Waals surface area contributed by atoms with Gasteiger partial charge in [0, 0.05) is 0 Å². The highest BCUT2D eigenvalue weighted by Crippen LogP contribution is 2.17. The van der Waals surface area contributed by atoms with Gasteiger partial charge in [-0.3, -0.25) is 0 Å². The number of aromatic nitrogens is 4. The zero-order valence-corrected chi connectivity index (χ0v) is 7.55. The summed E-state index contributed by atoms with van der Waals surface area (Å²) >= 11 is 1.35. The van der Waals surface area contributed by atoms with Gasteiger partial charge in [-0.1, -0.05) is 11.8 Å². The lowest BCUT2D eigenvalue weighted by Gasteiger charge is -2.00. The molecule has 13 heavy (non-hydrogen) atoms.